The largest absolute Gasteiger partial charge is 0.354 e. The molecule has 5 nitrogen and oxygen atoms in total. The molecule has 7 heteroatoms. The molecule has 0 spiro atoms. The number of rotatable bonds is 7. The van der Waals surface area contributed by atoms with Crippen LogP contribution in [-0.2, 0) is 24.4 Å². The van der Waals surface area contributed by atoms with Gasteiger partial charge in [0, 0.05) is 57.8 Å². The molecule has 136 valence electrons. The number of benzene rings is 1. The Hall–Kier alpha value is -1.63. The van der Waals surface area contributed by atoms with Crippen LogP contribution in [0.1, 0.15) is 28.8 Å². The van der Waals surface area contributed by atoms with Crippen molar-refractivity contribution in [2.45, 2.75) is 32.5 Å². The zero-order chi connectivity index (χ0) is 16.9. The third kappa shape index (κ3) is 5.17. The highest BCUT2D eigenvalue weighted by Gasteiger charge is 2.20. The van der Waals surface area contributed by atoms with Crippen molar-refractivity contribution in [3.8, 4) is 0 Å². The average Bonchev–Trinajstić information content (AvgIpc) is 3.19. The molecule has 1 saturated heterocycles. The van der Waals surface area contributed by atoms with E-state index in [-0.39, 0.29) is 18.3 Å². The fraction of sp³-hybridized carbons (Fsp3) is 0.444. The second kappa shape index (κ2) is 9.17. The van der Waals surface area contributed by atoms with Crippen molar-refractivity contribution < 1.29 is 4.79 Å². The minimum absolute atomic E-state index is 0. The average molecular weight is 381 g/mol. The van der Waals surface area contributed by atoms with Crippen LogP contribution in [0.25, 0.3) is 0 Å². The highest BCUT2D eigenvalue weighted by atomic mass is 35.5. The topological polar surface area (TPSA) is 48.5 Å². The Morgan fingerprint density at radius 1 is 1.24 bits per heavy atom. The molecule has 0 radical (unpaired) electrons. The molecule has 1 N–H and O–H groups in total. The number of aromatic nitrogens is 1. The number of thiazole rings is 1. The molecule has 1 aromatic heterocycles. The van der Waals surface area contributed by atoms with Gasteiger partial charge in [0.15, 0.2) is 5.13 Å². The lowest BCUT2D eigenvalue weighted by Gasteiger charge is -2.18. The molecule has 0 atom stereocenters. The number of carbonyl (C=O) groups is 1. The van der Waals surface area contributed by atoms with E-state index in [1.54, 1.807) is 11.3 Å². The summed E-state index contributed by atoms with van der Waals surface area (Å²) < 4.78 is 0. The molecular formula is C18H25ClN4OS. The van der Waals surface area contributed by atoms with Crippen molar-refractivity contribution in [3.63, 3.8) is 0 Å². The Bertz CT molecular complexity index is 704. The number of hydrogen-bond acceptors (Lipinski definition) is 5. The molecule has 1 aliphatic heterocycles. The third-order valence-electron chi connectivity index (χ3n) is 4.19. The van der Waals surface area contributed by atoms with Crippen LogP contribution in [0.2, 0.25) is 0 Å². The highest BCUT2D eigenvalue weighted by molar-refractivity contribution is 7.15. The van der Waals surface area contributed by atoms with Gasteiger partial charge in [-0.25, -0.2) is 4.98 Å². The van der Waals surface area contributed by atoms with E-state index in [1.165, 1.54) is 16.0 Å². The summed E-state index contributed by atoms with van der Waals surface area (Å²) in [7, 11) is 4.01. The van der Waals surface area contributed by atoms with Crippen LogP contribution < -0.4 is 10.2 Å². The van der Waals surface area contributed by atoms with Crippen LogP contribution >= 0.6 is 23.7 Å². The summed E-state index contributed by atoms with van der Waals surface area (Å²) in [5.41, 5.74) is 2.49. The summed E-state index contributed by atoms with van der Waals surface area (Å²) in [6.45, 7) is 3.21. The van der Waals surface area contributed by atoms with E-state index in [2.05, 4.69) is 28.5 Å². The van der Waals surface area contributed by atoms with Gasteiger partial charge in [0.25, 0.3) is 0 Å². The van der Waals surface area contributed by atoms with E-state index < -0.39 is 0 Å². The normalized spacial score (nSPS) is 13.8. The molecule has 2 aromatic rings. The van der Waals surface area contributed by atoms with Gasteiger partial charge in [-0.05, 0) is 17.5 Å². The fourth-order valence-corrected chi connectivity index (χ4v) is 3.67. The maximum Gasteiger partial charge on any atom is 0.222 e. The lowest BCUT2D eigenvalue weighted by molar-refractivity contribution is -0.128. The van der Waals surface area contributed by atoms with E-state index in [9.17, 15) is 4.79 Å². The van der Waals surface area contributed by atoms with Crippen molar-refractivity contribution in [2.75, 3.05) is 25.5 Å². The number of hydrogen-bond donors (Lipinski definition) is 1. The first-order valence-electron chi connectivity index (χ1n) is 8.31. The lowest BCUT2D eigenvalue weighted by atomic mass is 10.1. The van der Waals surface area contributed by atoms with Crippen molar-refractivity contribution in [3.05, 3.63) is 46.5 Å². The Balaban J connectivity index is 0.00000225. The number of nitrogens with zero attached hydrogens (tertiary/aromatic N) is 3. The second-order valence-electron chi connectivity index (χ2n) is 6.29. The van der Waals surface area contributed by atoms with Crippen LogP contribution in [-0.4, -0.2) is 36.4 Å². The van der Waals surface area contributed by atoms with E-state index in [1.807, 2.05) is 36.2 Å². The molecule has 1 aromatic carbocycles. The molecule has 0 bridgehead atoms. The number of anilines is 1. The molecule has 1 aliphatic rings. The summed E-state index contributed by atoms with van der Waals surface area (Å²) in [4.78, 5) is 21.5. The van der Waals surface area contributed by atoms with Crippen LogP contribution in [0.3, 0.4) is 0 Å². The van der Waals surface area contributed by atoms with Crippen LogP contribution in [0.4, 0.5) is 5.13 Å². The smallest absolute Gasteiger partial charge is 0.222 e. The van der Waals surface area contributed by atoms with Gasteiger partial charge in [0.05, 0.1) is 0 Å². The van der Waals surface area contributed by atoms with Gasteiger partial charge >= 0.3 is 0 Å². The van der Waals surface area contributed by atoms with Gasteiger partial charge in [0.2, 0.25) is 5.91 Å². The summed E-state index contributed by atoms with van der Waals surface area (Å²) in [5.74, 6) is 0.277. The SMILES string of the molecule is CN(C)c1ncc(CNCc2ccccc2CN2CCCC2=O)s1.Cl. The maximum absolute atomic E-state index is 11.8. The Kier molecular flexibility index (Phi) is 7.23. The first kappa shape index (κ1) is 19.7. The van der Waals surface area contributed by atoms with Gasteiger partial charge in [-0.2, -0.15) is 0 Å². The first-order valence-corrected chi connectivity index (χ1v) is 9.12. The summed E-state index contributed by atoms with van der Waals surface area (Å²) in [6.07, 6.45) is 3.61. The van der Waals surface area contributed by atoms with Crippen LogP contribution in [0.15, 0.2) is 30.5 Å². The predicted octanol–water partition coefficient (Wildman–Crippen LogP) is 3.04. The zero-order valence-corrected chi connectivity index (χ0v) is 16.3. The minimum atomic E-state index is 0. The van der Waals surface area contributed by atoms with Crippen molar-refractivity contribution in [2.24, 2.45) is 0 Å². The van der Waals surface area contributed by atoms with Gasteiger partial charge in [-0.3, -0.25) is 4.79 Å². The predicted molar refractivity (Wildman–Crippen MR) is 105 cm³/mol. The molecule has 0 saturated carbocycles. The van der Waals surface area contributed by atoms with Crippen LogP contribution in [0, 0.1) is 0 Å². The lowest BCUT2D eigenvalue weighted by Crippen LogP contribution is -2.25. The van der Waals surface area contributed by atoms with E-state index in [0.29, 0.717) is 6.42 Å². The summed E-state index contributed by atoms with van der Waals surface area (Å²) in [5, 5.41) is 4.52. The minimum Gasteiger partial charge on any atom is -0.354 e. The standard InChI is InChI=1S/C18H24N4OS.ClH/c1-21(2)18-20-12-16(24-18)11-19-10-14-6-3-4-7-15(14)13-22-9-5-8-17(22)23;/h3-4,6-7,12,19H,5,8-11,13H2,1-2H3;1H. The third-order valence-corrected chi connectivity index (χ3v) is 5.35. The van der Waals surface area contributed by atoms with Gasteiger partial charge < -0.3 is 15.1 Å². The molecule has 3 rings (SSSR count). The van der Waals surface area contributed by atoms with Gasteiger partial charge in [-0.15, -0.1) is 23.7 Å². The van der Waals surface area contributed by atoms with Crippen LogP contribution in [0.5, 0.6) is 0 Å². The summed E-state index contributed by atoms with van der Waals surface area (Å²) in [6, 6.07) is 8.37. The van der Waals surface area contributed by atoms with Crippen molar-refractivity contribution >= 4 is 34.8 Å². The molecule has 2 heterocycles. The maximum atomic E-state index is 11.8. The molecule has 0 aliphatic carbocycles. The fourth-order valence-electron chi connectivity index (χ4n) is 2.87. The molecular weight excluding hydrogens is 356 g/mol. The number of likely N-dealkylation sites (tertiary alicyclic amines) is 1. The quantitative estimate of drug-likeness (QED) is 0.802. The summed E-state index contributed by atoms with van der Waals surface area (Å²) >= 11 is 1.71. The number of amides is 1. The number of nitrogens with one attached hydrogen (secondary N) is 1. The Morgan fingerprint density at radius 2 is 2.00 bits per heavy atom. The molecule has 1 fully saturated rings. The second-order valence-corrected chi connectivity index (χ2v) is 7.39. The Labute approximate surface area is 159 Å². The molecule has 0 unspecified atom stereocenters. The van der Waals surface area contributed by atoms with E-state index in [4.69, 9.17) is 0 Å². The van der Waals surface area contributed by atoms with Crippen molar-refractivity contribution in [1.29, 1.82) is 0 Å². The Morgan fingerprint density at radius 3 is 2.64 bits per heavy atom. The first-order chi connectivity index (χ1) is 11.6. The number of carbonyl (C=O) groups excluding carboxylic acids is 1. The number of halogens is 1. The van der Waals surface area contributed by atoms with Gasteiger partial charge in [-0.1, -0.05) is 24.3 Å². The molecule has 25 heavy (non-hydrogen) atoms. The van der Waals surface area contributed by atoms with Gasteiger partial charge in [0.1, 0.15) is 0 Å². The van der Waals surface area contributed by atoms with E-state index in [0.717, 1.165) is 37.7 Å². The highest BCUT2D eigenvalue weighted by Crippen LogP contribution is 2.21. The van der Waals surface area contributed by atoms with Crippen molar-refractivity contribution in [1.82, 2.24) is 15.2 Å². The zero-order valence-electron chi connectivity index (χ0n) is 14.7. The van der Waals surface area contributed by atoms with E-state index >= 15 is 0 Å². The monoisotopic (exact) mass is 380 g/mol. The molecule has 1 amide bonds.